The zero-order chi connectivity index (χ0) is 32.1. The standard InChI is InChI=1S/C23H34N8O5.C3H8.CH2O2/c1-3-16-21(35)27-11-14-6-4-7-15(10-14)20(34)29-13-19(33)31(2)17(8-5-9-26-23(24)25)22(36)28-12-18(32)30-16;1-3-2;2-1-3/h4,6-7,10,16-17H,3,5,8-9,11-13H2,1-2H3,(H,27,35)(H,28,36)(H,29,34)(H,30,32)(H4,24,25,26);3H2,1-2H3;1H,(H,2,3). The van der Waals surface area contributed by atoms with E-state index in [9.17, 15) is 24.0 Å². The Bertz CT molecular complexity index is 1080. The van der Waals surface area contributed by atoms with Crippen LogP contribution in [0.15, 0.2) is 29.3 Å². The van der Waals surface area contributed by atoms with E-state index in [0.717, 1.165) is 0 Å². The number of hydrogen-bond acceptors (Lipinski definition) is 7. The summed E-state index contributed by atoms with van der Waals surface area (Å²) in [5.41, 5.74) is 11.6. The lowest BCUT2D eigenvalue weighted by atomic mass is 10.1. The van der Waals surface area contributed by atoms with Crippen molar-refractivity contribution in [3.8, 4) is 0 Å². The summed E-state index contributed by atoms with van der Waals surface area (Å²) in [5, 5.41) is 17.3. The fourth-order valence-electron chi connectivity index (χ4n) is 3.57. The molecule has 5 amide bonds. The molecule has 15 nitrogen and oxygen atoms in total. The van der Waals surface area contributed by atoms with Crippen LogP contribution in [0.5, 0.6) is 0 Å². The second-order valence-electron chi connectivity index (χ2n) is 9.13. The lowest BCUT2D eigenvalue weighted by molar-refractivity contribution is -0.139. The maximum absolute atomic E-state index is 12.9. The average Bonchev–Trinajstić information content (AvgIpc) is 2.96. The first-order valence-corrected chi connectivity index (χ1v) is 13.6. The number of amides is 5. The number of likely N-dealkylation sites (N-methyl/N-ethyl adjacent to an activating group) is 1. The van der Waals surface area contributed by atoms with Crippen LogP contribution in [-0.2, 0) is 30.5 Å². The first kappa shape index (κ1) is 37.3. The summed E-state index contributed by atoms with van der Waals surface area (Å²) in [5.74, 6) is -2.57. The van der Waals surface area contributed by atoms with Gasteiger partial charge in [-0.3, -0.25) is 33.8 Å². The van der Waals surface area contributed by atoms with Crippen molar-refractivity contribution in [3.63, 3.8) is 0 Å². The van der Waals surface area contributed by atoms with Gasteiger partial charge in [0.05, 0.1) is 13.1 Å². The molecule has 1 aromatic rings. The van der Waals surface area contributed by atoms with Crippen LogP contribution in [0, 0.1) is 0 Å². The normalized spacial score (nSPS) is 18.1. The van der Waals surface area contributed by atoms with Crippen LogP contribution in [0.25, 0.3) is 0 Å². The second-order valence-corrected chi connectivity index (χ2v) is 9.13. The minimum atomic E-state index is -0.941. The molecule has 15 heteroatoms. The molecule has 0 aromatic heterocycles. The van der Waals surface area contributed by atoms with Gasteiger partial charge in [-0.25, -0.2) is 0 Å². The number of nitrogens with one attached hydrogen (secondary N) is 4. The minimum absolute atomic E-state index is 0.0911. The van der Waals surface area contributed by atoms with Crippen LogP contribution in [0.2, 0.25) is 0 Å². The molecule has 2 bridgehead atoms. The highest BCUT2D eigenvalue weighted by Gasteiger charge is 2.28. The number of aliphatic imine (C=N–C) groups is 1. The lowest BCUT2D eigenvalue weighted by Gasteiger charge is -2.27. The zero-order valence-corrected chi connectivity index (χ0v) is 24.6. The van der Waals surface area contributed by atoms with E-state index >= 15 is 0 Å². The van der Waals surface area contributed by atoms with Crippen LogP contribution >= 0.6 is 0 Å². The smallest absolute Gasteiger partial charge is 0.290 e. The number of hydrogen-bond donors (Lipinski definition) is 7. The van der Waals surface area contributed by atoms with Gasteiger partial charge >= 0.3 is 0 Å². The van der Waals surface area contributed by atoms with Gasteiger partial charge in [-0.1, -0.05) is 39.3 Å². The molecular formula is C27H44N8O7. The van der Waals surface area contributed by atoms with Gasteiger partial charge in [0.15, 0.2) is 5.96 Å². The predicted octanol–water partition coefficient (Wildman–Crippen LogP) is -0.945. The van der Waals surface area contributed by atoms with Crippen LogP contribution in [0.4, 0.5) is 0 Å². The summed E-state index contributed by atoms with van der Waals surface area (Å²) in [4.78, 5) is 76.7. The van der Waals surface area contributed by atoms with E-state index in [4.69, 9.17) is 21.4 Å². The molecule has 0 spiro atoms. The summed E-state index contributed by atoms with van der Waals surface area (Å²) in [7, 11) is 1.44. The van der Waals surface area contributed by atoms with E-state index in [1.165, 1.54) is 18.4 Å². The molecule has 0 fully saturated rings. The summed E-state index contributed by atoms with van der Waals surface area (Å²) in [6.45, 7) is 5.41. The molecule has 1 heterocycles. The molecule has 42 heavy (non-hydrogen) atoms. The van der Waals surface area contributed by atoms with Gasteiger partial charge in [0.25, 0.3) is 12.4 Å². The zero-order valence-electron chi connectivity index (χ0n) is 24.6. The summed E-state index contributed by atoms with van der Waals surface area (Å²) in [6, 6.07) is 4.85. The molecule has 0 saturated heterocycles. The maximum atomic E-state index is 12.9. The van der Waals surface area contributed by atoms with Crippen molar-refractivity contribution in [2.45, 2.75) is 65.1 Å². The molecule has 1 aliphatic heterocycles. The third kappa shape index (κ3) is 14.6. The van der Waals surface area contributed by atoms with Crippen LogP contribution in [0.3, 0.4) is 0 Å². The van der Waals surface area contributed by atoms with Gasteiger partial charge < -0.3 is 42.7 Å². The van der Waals surface area contributed by atoms with Crippen LogP contribution < -0.4 is 32.7 Å². The van der Waals surface area contributed by atoms with Crippen LogP contribution in [-0.4, -0.2) is 90.7 Å². The van der Waals surface area contributed by atoms with E-state index in [-0.39, 0.29) is 45.0 Å². The minimum Gasteiger partial charge on any atom is -0.483 e. The molecule has 2 unspecified atom stereocenters. The Balaban J connectivity index is 0.00000257. The number of carbonyl (C=O) groups excluding carboxylic acids is 5. The van der Waals surface area contributed by atoms with Gasteiger partial charge in [-0.2, -0.15) is 0 Å². The molecule has 1 aromatic carbocycles. The molecule has 2 atom stereocenters. The highest BCUT2D eigenvalue weighted by atomic mass is 16.3. The molecule has 0 saturated carbocycles. The Morgan fingerprint density at radius 1 is 1.02 bits per heavy atom. The summed E-state index contributed by atoms with van der Waals surface area (Å²) >= 11 is 0. The van der Waals surface area contributed by atoms with Gasteiger partial charge in [0.2, 0.25) is 23.6 Å². The van der Waals surface area contributed by atoms with Crippen molar-refractivity contribution in [2.24, 2.45) is 16.5 Å². The summed E-state index contributed by atoms with van der Waals surface area (Å²) in [6.07, 6.45) is 2.18. The summed E-state index contributed by atoms with van der Waals surface area (Å²) < 4.78 is 0. The van der Waals surface area contributed by atoms with E-state index in [0.29, 0.717) is 24.0 Å². The second kappa shape index (κ2) is 21.1. The number of carboxylic acid groups (broad SMARTS) is 1. The molecular weight excluding hydrogens is 548 g/mol. The Morgan fingerprint density at radius 3 is 2.24 bits per heavy atom. The van der Waals surface area contributed by atoms with Crippen molar-refractivity contribution in [2.75, 3.05) is 26.7 Å². The van der Waals surface area contributed by atoms with Crippen LogP contribution in [0.1, 0.15) is 62.4 Å². The number of fused-ring (bicyclic) bond motifs is 2. The number of rotatable bonds is 5. The van der Waals surface area contributed by atoms with Gasteiger partial charge in [-0.05, 0) is 37.0 Å². The maximum Gasteiger partial charge on any atom is 0.290 e. The average molecular weight is 593 g/mol. The monoisotopic (exact) mass is 592 g/mol. The quantitative estimate of drug-likeness (QED) is 0.0964. The first-order valence-electron chi connectivity index (χ1n) is 13.6. The Labute approximate surface area is 245 Å². The highest BCUT2D eigenvalue weighted by Crippen LogP contribution is 2.09. The fraction of sp³-hybridized carbons (Fsp3) is 0.519. The van der Waals surface area contributed by atoms with Crippen molar-refractivity contribution < 1.29 is 33.9 Å². The Morgan fingerprint density at radius 2 is 1.64 bits per heavy atom. The number of benzene rings is 1. The fourth-order valence-corrected chi connectivity index (χ4v) is 3.57. The Hall–Kier alpha value is -4.69. The number of nitrogens with zero attached hydrogens (tertiary/aromatic N) is 2. The van der Waals surface area contributed by atoms with E-state index in [1.807, 2.05) is 0 Å². The third-order valence-corrected chi connectivity index (χ3v) is 5.63. The van der Waals surface area contributed by atoms with Crippen molar-refractivity contribution in [1.29, 1.82) is 0 Å². The SMILES string of the molecule is CCC.CCC1NC(=O)CNC(=O)C(CCCN=C(N)N)N(C)C(=O)CNC(=O)c2cccc(c2)CNC1=O.O=CO. The number of guanidine groups is 1. The van der Waals surface area contributed by atoms with Gasteiger partial charge in [-0.15, -0.1) is 0 Å². The number of nitrogens with two attached hydrogens (primary N) is 2. The number of carbonyl (C=O) groups is 6. The van der Waals surface area contributed by atoms with E-state index < -0.39 is 41.6 Å². The molecule has 2 rings (SSSR count). The molecule has 9 N–H and O–H groups in total. The van der Waals surface area contributed by atoms with Gasteiger partial charge in [0, 0.05) is 25.7 Å². The van der Waals surface area contributed by atoms with E-state index in [1.54, 1.807) is 31.2 Å². The van der Waals surface area contributed by atoms with Crippen molar-refractivity contribution in [1.82, 2.24) is 26.2 Å². The Kier molecular flexibility index (Phi) is 18.8. The van der Waals surface area contributed by atoms with E-state index in [2.05, 4.69) is 40.1 Å². The molecule has 234 valence electrons. The predicted molar refractivity (Wildman–Crippen MR) is 157 cm³/mol. The molecule has 0 radical (unpaired) electrons. The topological polar surface area (TPSA) is 238 Å². The van der Waals surface area contributed by atoms with Gasteiger partial charge in [0.1, 0.15) is 12.1 Å². The third-order valence-electron chi connectivity index (χ3n) is 5.63. The highest BCUT2D eigenvalue weighted by molar-refractivity contribution is 5.97. The lowest BCUT2D eigenvalue weighted by Crippen LogP contribution is -2.53. The first-order chi connectivity index (χ1) is 19.9. The van der Waals surface area contributed by atoms with Crippen molar-refractivity contribution >= 4 is 42.0 Å². The molecule has 1 aliphatic rings. The van der Waals surface area contributed by atoms with Crippen molar-refractivity contribution in [3.05, 3.63) is 35.4 Å². The largest absolute Gasteiger partial charge is 0.483 e. The molecule has 0 aliphatic carbocycles.